The average molecular weight is 569 g/mol. The summed E-state index contributed by atoms with van der Waals surface area (Å²) in [7, 11) is -1.93. The van der Waals surface area contributed by atoms with Crippen LogP contribution >= 0.6 is 0 Å². The van der Waals surface area contributed by atoms with Crippen LogP contribution in [0.3, 0.4) is 0 Å². The lowest BCUT2D eigenvalue weighted by Crippen LogP contribution is -2.37. The van der Waals surface area contributed by atoms with Crippen LogP contribution in [0.15, 0.2) is 114 Å². The Hall–Kier alpha value is -4.17. The highest BCUT2D eigenvalue weighted by Gasteiger charge is 2.52. The Morgan fingerprint density at radius 3 is 2.12 bits per heavy atom. The van der Waals surface area contributed by atoms with Gasteiger partial charge in [-0.1, -0.05) is 84.9 Å². The number of aliphatic hydroxyl groups excluding tert-OH is 1. The summed E-state index contributed by atoms with van der Waals surface area (Å²) in [5.74, 6) is -0.993. The topological polar surface area (TPSA) is 98.5 Å². The number of benzene rings is 3. The van der Waals surface area contributed by atoms with E-state index in [9.17, 15) is 18.3 Å². The van der Waals surface area contributed by atoms with Gasteiger partial charge in [-0.05, 0) is 41.0 Å². The van der Waals surface area contributed by atoms with Gasteiger partial charge < -0.3 is 14.4 Å². The average Bonchev–Trinajstić information content (AvgIpc) is 3.64. The maximum atomic E-state index is 13.7. The molecule has 7 nitrogen and oxygen atoms in total. The summed E-state index contributed by atoms with van der Waals surface area (Å²) in [4.78, 5) is 17.7. The van der Waals surface area contributed by atoms with Crippen LogP contribution in [0.25, 0.3) is 0 Å². The molecule has 1 aliphatic carbocycles. The second-order valence-corrected chi connectivity index (χ2v) is 13.1. The lowest BCUT2D eigenvalue weighted by molar-refractivity contribution is -0.148. The molecule has 1 atom stereocenters. The van der Waals surface area contributed by atoms with Gasteiger partial charge in [-0.3, -0.25) is 0 Å². The number of hydrogen-bond donors (Lipinski definition) is 1. The van der Waals surface area contributed by atoms with Crippen molar-refractivity contribution in [1.82, 2.24) is 9.55 Å². The van der Waals surface area contributed by atoms with E-state index in [2.05, 4.69) is 4.98 Å². The number of imidazole rings is 1. The van der Waals surface area contributed by atoms with Crippen molar-refractivity contribution in [2.75, 3.05) is 0 Å². The SMILES string of the molecule is Cn1cnc(S(=O)(=O)Cc2cccc(C(C3=C(O)C(Cc4ccccc4)(Cc4ccccc4)OC3=O)C3CC3)c2)c1. The van der Waals surface area contributed by atoms with Crippen LogP contribution in [0.2, 0.25) is 0 Å². The van der Waals surface area contributed by atoms with Crippen LogP contribution in [0.1, 0.15) is 41.0 Å². The highest BCUT2D eigenvalue weighted by molar-refractivity contribution is 7.90. The van der Waals surface area contributed by atoms with Crippen molar-refractivity contribution in [1.29, 1.82) is 0 Å². The number of carbonyl (C=O) groups is 1. The zero-order valence-electron chi connectivity index (χ0n) is 22.8. The number of sulfone groups is 1. The molecule has 1 N–H and O–H groups in total. The summed E-state index contributed by atoms with van der Waals surface area (Å²) < 4.78 is 33.8. The minimum Gasteiger partial charge on any atom is -0.507 e. The fraction of sp³-hybridized carbons (Fsp3) is 0.273. The fourth-order valence-electron chi connectivity index (χ4n) is 5.87. The molecule has 0 saturated heterocycles. The van der Waals surface area contributed by atoms with Gasteiger partial charge in [-0.25, -0.2) is 18.2 Å². The van der Waals surface area contributed by atoms with Crippen molar-refractivity contribution >= 4 is 15.8 Å². The van der Waals surface area contributed by atoms with Gasteiger partial charge in [0.25, 0.3) is 0 Å². The lowest BCUT2D eigenvalue weighted by atomic mass is 9.81. The Bertz CT molecular complexity index is 1670. The van der Waals surface area contributed by atoms with Crippen LogP contribution in [0.4, 0.5) is 0 Å². The Morgan fingerprint density at radius 1 is 0.951 bits per heavy atom. The quantitative estimate of drug-likeness (QED) is 0.255. The van der Waals surface area contributed by atoms with Crippen molar-refractivity contribution in [2.45, 2.75) is 48.0 Å². The summed E-state index contributed by atoms with van der Waals surface area (Å²) in [5, 5.41) is 12.0. The third-order valence-electron chi connectivity index (χ3n) is 7.93. The van der Waals surface area contributed by atoms with E-state index in [-0.39, 0.29) is 28.0 Å². The molecule has 2 aliphatic rings. The van der Waals surface area contributed by atoms with Gasteiger partial charge in [0.2, 0.25) is 9.84 Å². The third-order valence-corrected chi connectivity index (χ3v) is 9.49. The Morgan fingerprint density at radius 2 is 1.56 bits per heavy atom. The molecule has 41 heavy (non-hydrogen) atoms. The van der Waals surface area contributed by atoms with Crippen molar-refractivity contribution in [3.8, 4) is 0 Å². The first-order valence-electron chi connectivity index (χ1n) is 13.8. The number of carbonyl (C=O) groups excluding carboxylic acids is 1. The van der Waals surface area contributed by atoms with Crippen LogP contribution in [0, 0.1) is 5.92 Å². The summed E-state index contributed by atoms with van der Waals surface area (Å²) in [6, 6.07) is 26.8. The van der Waals surface area contributed by atoms with E-state index in [4.69, 9.17) is 4.74 Å². The Labute approximate surface area is 240 Å². The van der Waals surface area contributed by atoms with E-state index in [1.807, 2.05) is 78.9 Å². The first-order chi connectivity index (χ1) is 19.7. The molecule has 2 heterocycles. The normalized spacial score (nSPS) is 17.4. The number of aliphatic hydroxyl groups is 1. The molecule has 210 valence electrons. The largest absolute Gasteiger partial charge is 0.507 e. The maximum absolute atomic E-state index is 13.7. The second kappa shape index (κ2) is 10.7. The molecule has 6 rings (SSSR count). The first-order valence-corrected chi connectivity index (χ1v) is 15.4. The minimum atomic E-state index is -3.65. The van der Waals surface area contributed by atoms with E-state index < -0.39 is 27.3 Å². The van der Waals surface area contributed by atoms with Gasteiger partial charge in [0.1, 0.15) is 5.76 Å². The van der Waals surface area contributed by atoms with Gasteiger partial charge in [-0.2, -0.15) is 0 Å². The molecule has 4 aromatic rings. The Kier molecular flexibility index (Phi) is 7.03. The number of hydrogen-bond acceptors (Lipinski definition) is 6. The molecule has 8 heteroatoms. The molecule has 0 spiro atoms. The highest BCUT2D eigenvalue weighted by atomic mass is 32.2. The van der Waals surface area contributed by atoms with Gasteiger partial charge in [0.15, 0.2) is 10.6 Å². The Balaban J connectivity index is 1.39. The number of cyclic esters (lactones) is 1. The molecule has 0 bridgehead atoms. The summed E-state index contributed by atoms with van der Waals surface area (Å²) >= 11 is 0. The fourth-order valence-corrected chi connectivity index (χ4v) is 7.17. The van der Waals surface area contributed by atoms with Crippen molar-refractivity contribution in [3.63, 3.8) is 0 Å². The molecule has 1 saturated carbocycles. The lowest BCUT2D eigenvalue weighted by Gasteiger charge is -2.29. The highest BCUT2D eigenvalue weighted by Crippen LogP contribution is 2.51. The predicted octanol–water partition coefficient (Wildman–Crippen LogP) is 5.48. The number of nitrogens with zero attached hydrogens (tertiary/aromatic N) is 2. The molecule has 0 amide bonds. The summed E-state index contributed by atoms with van der Waals surface area (Å²) in [5.41, 5.74) is 2.36. The van der Waals surface area contributed by atoms with E-state index in [1.165, 1.54) is 12.5 Å². The van der Waals surface area contributed by atoms with Crippen molar-refractivity contribution in [2.24, 2.45) is 13.0 Å². The first kappa shape index (κ1) is 27.0. The van der Waals surface area contributed by atoms with Crippen LogP contribution in [-0.2, 0) is 45.0 Å². The minimum absolute atomic E-state index is 0.0236. The van der Waals surface area contributed by atoms with Gasteiger partial charge >= 0.3 is 5.97 Å². The summed E-state index contributed by atoms with van der Waals surface area (Å²) in [6.45, 7) is 0. The summed E-state index contributed by atoms with van der Waals surface area (Å²) in [6.07, 6.45) is 5.45. The van der Waals surface area contributed by atoms with Crippen LogP contribution in [-0.4, -0.2) is 34.6 Å². The number of aromatic nitrogens is 2. The van der Waals surface area contributed by atoms with Crippen molar-refractivity contribution < 1.29 is 23.1 Å². The third kappa shape index (κ3) is 5.57. The number of rotatable bonds is 10. The molecule has 3 aromatic carbocycles. The molecule has 1 unspecified atom stereocenters. The van der Waals surface area contributed by atoms with Gasteiger partial charge in [0.05, 0.1) is 17.7 Å². The molecular weight excluding hydrogens is 536 g/mol. The zero-order chi connectivity index (χ0) is 28.6. The zero-order valence-corrected chi connectivity index (χ0v) is 23.6. The van der Waals surface area contributed by atoms with E-state index in [0.29, 0.717) is 18.4 Å². The van der Waals surface area contributed by atoms with Crippen LogP contribution < -0.4 is 0 Å². The number of ether oxygens (including phenoxy) is 1. The van der Waals surface area contributed by atoms with Gasteiger partial charge in [-0.15, -0.1) is 0 Å². The predicted molar refractivity (Wildman–Crippen MR) is 155 cm³/mol. The van der Waals surface area contributed by atoms with Gasteiger partial charge in [0, 0.05) is 32.0 Å². The molecule has 0 radical (unpaired) electrons. The number of esters is 1. The van der Waals surface area contributed by atoms with E-state index >= 15 is 0 Å². The smallest absolute Gasteiger partial charge is 0.339 e. The maximum Gasteiger partial charge on any atom is 0.339 e. The van der Waals surface area contributed by atoms with Crippen molar-refractivity contribution in [3.05, 3.63) is 131 Å². The van der Waals surface area contributed by atoms with Crippen LogP contribution in [0.5, 0.6) is 0 Å². The van der Waals surface area contributed by atoms with E-state index in [1.54, 1.807) is 17.7 Å². The molecule has 1 fully saturated rings. The van der Waals surface area contributed by atoms with E-state index in [0.717, 1.165) is 29.5 Å². The standard InChI is InChI=1S/C33H32N2O5S/c1-35-20-28(34-22-35)41(38,39)21-25-13-8-14-27(17-25)29(26-15-16-26)30-31(36)33(40-32(30)37,18-23-9-4-2-5-10-23)19-24-11-6-3-7-12-24/h2-14,17,20,22,26,29,36H,15-16,18-19,21H2,1H3. The molecule has 1 aromatic heterocycles. The molecule has 1 aliphatic heterocycles. The second-order valence-electron chi connectivity index (χ2n) is 11.2. The molecular formula is C33H32N2O5S. The number of aryl methyl sites for hydroxylation is 1. The monoisotopic (exact) mass is 568 g/mol.